The number of nitrogens with one attached hydrogen (secondary N) is 1. The number of rotatable bonds is 3. The van der Waals surface area contributed by atoms with Gasteiger partial charge in [-0.1, -0.05) is 18.6 Å². The summed E-state index contributed by atoms with van der Waals surface area (Å²) in [5, 5.41) is 0. The van der Waals surface area contributed by atoms with E-state index in [1.807, 2.05) is 24.3 Å². The summed E-state index contributed by atoms with van der Waals surface area (Å²) >= 11 is 0. The maximum absolute atomic E-state index is 12.7. The quantitative estimate of drug-likeness (QED) is 0.919. The molecule has 3 heterocycles. The van der Waals surface area contributed by atoms with Gasteiger partial charge in [0, 0.05) is 19.0 Å². The van der Waals surface area contributed by atoms with Gasteiger partial charge in [0.25, 0.3) is 5.91 Å². The number of quaternary nitrogens is 1. The molecule has 0 saturated carbocycles. The molecule has 2 aliphatic heterocycles. The highest BCUT2D eigenvalue weighted by molar-refractivity contribution is 5.77. The Hall–Kier alpha value is -1.88. The van der Waals surface area contributed by atoms with Crippen LogP contribution in [0.1, 0.15) is 56.8 Å². The molecule has 5 heteroatoms. The van der Waals surface area contributed by atoms with E-state index >= 15 is 0 Å². The monoisotopic (exact) mass is 356 g/mol. The highest BCUT2D eigenvalue weighted by atomic mass is 16.3. The number of amides is 1. The zero-order valence-electron chi connectivity index (χ0n) is 15.6. The van der Waals surface area contributed by atoms with E-state index in [0.717, 1.165) is 56.0 Å². The fourth-order valence-electron chi connectivity index (χ4n) is 4.35. The maximum Gasteiger partial charge on any atom is 0.277 e. The second-order valence-corrected chi connectivity index (χ2v) is 7.87. The van der Waals surface area contributed by atoms with Gasteiger partial charge < -0.3 is 14.2 Å². The average Bonchev–Trinajstić information content (AvgIpc) is 3.08. The van der Waals surface area contributed by atoms with Gasteiger partial charge in [0.1, 0.15) is 5.52 Å². The lowest BCUT2D eigenvalue weighted by atomic mass is 9.96. The minimum atomic E-state index is 0.330. The molecule has 5 nitrogen and oxygen atoms in total. The molecule has 1 amide bonds. The van der Waals surface area contributed by atoms with Crippen molar-refractivity contribution >= 4 is 17.0 Å². The number of hydrogen-bond acceptors (Lipinski definition) is 3. The molecule has 0 unspecified atom stereocenters. The van der Waals surface area contributed by atoms with Gasteiger partial charge in [-0.3, -0.25) is 4.79 Å². The Morgan fingerprint density at radius 3 is 2.50 bits per heavy atom. The summed E-state index contributed by atoms with van der Waals surface area (Å²) in [6, 6.07) is 7.93. The Balaban J connectivity index is 1.30. The van der Waals surface area contributed by atoms with Crippen molar-refractivity contribution in [3.63, 3.8) is 0 Å². The largest absolute Gasteiger partial charge is 0.440 e. The Bertz CT molecular complexity index is 693. The summed E-state index contributed by atoms with van der Waals surface area (Å²) in [5.41, 5.74) is 1.79. The van der Waals surface area contributed by atoms with E-state index < -0.39 is 0 Å². The van der Waals surface area contributed by atoms with Crippen molar-refractivity contribution in [2.24, 2.45) is 0 Å². The Kier molecular flexibility index (Phi) is 5.54. The lowest BCUT2D eigenvalue weighted by Gasteiger charge is -2.32. The summed E-state index contributed by atoms with van der Waals surface area (Å²) in [4.78, 5) is 20.9. The van der Waals surface area contributed by atoms with Gasteiger partial charge in [0.2, 0.25) is 0 Å². The van der Waals surface area contributed by atoms with Crippen molar-refractivity contribution in [3.8, 4) is 0 Å². The van der Waals surface area contributed by atoms with E-state index in [-0.39, 0.29) is 0 Å². The highest BCUT2D eigenvalue weighted by Gasteiger charge is 2.28. The molecular weight excluding hydrogens is 326 g/mol. The fourth-order valence-corrected chi connectivity index (χ4v) is 4.35. The van der Waals surface area contributed by atoms with E-state index in [2.05, 4.69) is 9.88 Å². The number of para-hydroxylation sites is 2. The summed E-state index contributed by atoms with van der Waals surface area (Å²) in [7, 11) is 0. The maximum atomic E-state index is 12.7. The fraction of sp³-hybridized carbons (Fsp3) is 0.619. The molecule has 26 heavy (non-hydrogen) atoms. The number of benzene rings is 1. The van der Waals surface area contributed by atoms with E-state index in [1.54, 1.807) is 0 Å². The number of carbonyl (C=O) groups is 1. The van der Waals surface area contributed by atoms with E-state index in [9.17, 15) is 4.79 Å². The van der Waals surface area contributed by atoms with Crippen LogP contribution < -0.4 is 4.90 Å². The molecule has 4 rings (SSSR count). The number of likely N-dealkylation sites (tertiary alicyclic amines) is 2. The molecule has 1 N–H and O–H groups in total. The number of oxazole rings is 1. The van der Waals surface area contributed by atoms with Gasteiger partial charge in [-0.05, 0) is 50.7 Å². The van der Waals surface area contributed by atoms with Crippen LogP contribution in [0.4, 0.5) is 0 Å². The van der Waals surface area contributed by atoms with E-state index in [1.165, 1.54) is 37.0 Å². The predicted molar refractivity (Wildman–Crippen MR) is 101 cm³/mol. The summed E-state index contributed by atoms with van der Waals surface area (Å²) in [6.07, 6.45) is 8.46. The van der Waals surface area contributed by atoms with Crippen LogP contribution in [-0.4, -0.2) is 48.5 Å². The van der Waals surface area contributed by atoms with Crippen molar-refractivity contribution in [3.05, 3.63) is 30.2 Å². The molecule has 0 atom stereocenters. The SMILES string of the molecule is O=C(C[NH+]1CCCCCCC1)N1CCC(c2nc3ccccc3o2)CC1. The van der Waals surface area contributed by atoms with Gasteiger partial charge in [-0.25, -0.2) is 4.98 Å². The lowest BCUT2D eigenvalue weighted by molar-refractivity contribution is -0.893. The van der Waals surface area contributed by atoms with Crippen LogP contribution in [0, 0.1) is 0 Å². The normalized spacial score (nSPS) is 20.8. The van der Waals surface area contributed by atoms with Crippen LogP contribution >= 0.6 is 0 Å². The summed E-state index contributed by atoms with van der Waals surface area (Å²) < 4.78 is 5.93. The third-order valence-electron chi connectivity index (χ3n) is 5.97. The van der Waals surface area contributed by atoms with Crippen LogP contribution in [0.3, 0.4) is 0 Å². The summed E-state index contributed by atoms with van der Waals surface area (Å²) in [5.74, 6) is 1.50. The Morgan fingerprint density at radius 2 is 1.77 bits per heavy atom. The molecule has 2 fully saturated rings. The third-order valence-corrected chi connectivity index (χ3v) is 5.97. The minimum Gasteiger partial charge on any atom is -0.440 e. The molecule has 2 aromatic rings. The molecule has 1 aromatic heterocycles. The number of hydrogen-bond donors (Lipinski definition) is 1. The standard InChI is InChI=1S/C21H29N3O2/c25-20(16-23-12-6-2-1-3-7-13-23)24-14-10-17(11-15-24)21-22-18-8-4-5-9-19(18)26-21/h4-5,8-9,17H,1-3,6-7,10-16H2/p+1. The number of fused-ring (bicyclic) bond motifs is 1. The zero-order chi connectivity index (χ0) is 17.8. The first-order chi connectivity index (χ1) is 12.8. The van der Waals surface area contributed by atoms with Crippen molar-refractivity contribution in [1.82, 2.24) is 9.88 Å². The molecule has 140 valence electrons. The first-order valence-electron chi connectivity index (χ1n) is 10.3. The number of nitrogens with zero attached hydrogens (tertiary/aromatic N) is 2. The Morgan fingerprint density at radius 1 is 1.08 bits per heavy atom. The van der Waals surface area contributed by atoms with E-state index in [0.29, 0.717) is 18.4 Å². The Labute approximate surface area is 155 Å². The molecule has 0 bridgehead atoms. The van der Waals surface area contributed by atoms with Gasteiger partial charge >= 0.3 is 0 Å². The van der Waals surface area contributed by atoms with Crippen molar-refractivity contribution in [1.29, 1.82) is 0 Å². The molecule has 1 aromatic carbocycles. The second kappa shape index (κ2) is 8.21. The molecule has 0 radical (unpaired) electrons. The van der Waals surface area contributed by atoms with Crippen LogP contribution in [0.2, 0.25) is 0 Å². The van der Waals surface area contributed by atoms with Crippen LogP contribution in [-0.2, 0) is 4.79 Å². The van der Waals surface area contributed by atoms with Gasteiger partial charge in [-0.15, -0.1) is 0 Å². The molecule has 0 spiro atoms. The van der Waals surface area contributed by atoms with Gasteiger partial charge in [-0.2, -0.15) is 0 Å². The topological polar surface area (TPSA) is 50.8 Å². The molecule has 0 aliphatic carbocycles. The zero-order valence-corrected chi connectivity index (χ0v) is 15.6. The van der Waals surface area contributed by atoms with Crippen molar-refractivity contribution < 1.29 is 14.1 Å². The molecular formula is C21H30N3O2+. The van der Waals surface area contributed by atoms with Crippen LogP contribution in [0.5, 0.6) is 0 Å². The molecule has 2 aliphatic rings. The third kappa shape index (κ3) is 4.09. The summed E-state index contributed by atoms with van der Waals surface area (Å²) in [6.45, 7) is 4.65. The number of carbonyl (C=O) groups excluding carboxylic acids is 1. The second-order valence-electron chi connectivity index (χ2n) is 7.87. The predicted octanol–water partition coefficient (Wildman–Crippen LogP) is 2.38. The van der Waals surface area contributed by atoms with Crippen LogP contribution in [0.25, 0.3) is 11.1 Å². The molecule has 2 saturated heterocycles. The minimum absolute atomic E-state index is 0.330. The first-order valence-corrected chi connectivity index (χ1v) is 10.3. The number of aromatic nitrogens is 1. The number of piperidine rings is 1. The highest BCUT2D eigenvalue weighted by Crippen LogP contribution is 2.29. The van der Waals surface area contributed by atoms with Crippen molar-refractivity contribution in [2.75, 3.05) is 32.7 Å². The van der Waals surface area contributed by atoms with Crippen LogP contribution in [0.15, 0.2) is 28.7 Å². The smallest absolute Gasteiger partial charge is 0.277 e. The van der Waals surface area contributed by atoms with Gasteiger partial charge in [0.05, 0.1) is 13.1 Å². The average molecular weight is 356 g/mol. The lowest BCUT2D eigenvalue weighted by Crippen LogP contribution is -3.13. The van der Waals surface area contributed by atoms with E-state index in [4.69, 9.17) is 4.42 Å². The van der Waals surface area contributed by atoms with Crippen molar-refractivity contribution in [2.45, 2.75) is 50.9 Å². The first kappa shape index (κ1) is 17.5. The van der Waals surface area contributed by atoms with Gasteiger partial charge in [0.15, 0.2) is 18.0 Å².